The number of esters is 1. The maximum absolute atomic E-state index is 11.4. The zero-order valence-corrected chi connectivity index (χ0v) is 19.2. The number of halogens is 1. The van der Waals surface area contributed by atoms with Crippen molar-refractivity contribution in [2.75, 3.05) is 38.7 Å². The molecule has 2 aromatic rings. The molecule has 0 aliphatic carbocycles. The molecule has 0 spiro atoms. The number of thiazole rings is 1. The minimum atomic E-state index is -0.678. The summed E-state index contributed by atoms with van der Waals surface area (Å²) in [6, 6.07) is 7.41. The zero-order chi connectivity index (χ0) is 22.6. The van der Waals surface area contributed by atoms with Crippen LogP contribution in [0.4, 0.5) is 5.13 Å². The number of carbonyl (C=O) groups is 2. The van der Waals surface area contributed by atoms with E-state index in [1.807, 2.05) is 24.3 Å². The van der Waals surface area contributed by atoms with Gasteiger partial charge in [0.05, 0.1) is 18.9 Å². The molecule has 1 unspecified atom stereocenters. The lowest BCUT2D eigenvalue weighted by atomic mass is 10.1. The molecule has 3 rings (SSSR count). The number of aromatic nitrogens is 1. The molecule has 0 bridgehead atoms. The van der Waals surface area contributed by atoms with Crippen molar-refractivity contribution in [1.29, 1.82) is 0 Å². The molecular formula is C21H28ClN3O5S. The average Bonchev–Trinajstić information content (AvgIpc) is 3.24. The van der Waals surface area contributed by atoms with Crippen LogP contribution < -0.4 is 10.1 Å². The Labute approximate surface area is 191 Å². The second-order valence-electron chi connectivity index (χ2n) is 6.73. The van der Waals surface area contributed by atoms with E-state index in [1.54, 1.807) is 24.3 Å². The molecule has 1 amide bonds. The van der Waals surface area contributed by atoms with Gasteiger partial charge in [0.2, 0.25) is 6.41 Å². The number of nitrogens with zero attached hydrogens (tertiary/aromatic N) is 2. The van der Waals surface area contributed by atoms with Crippen molar-refractivity contribution < 1.29 is 24.2 Å². The number of aliphatic hydroxyl groups is 1. The molecular weight excluding hydrogens is 442 g/mol. The highest BCUT2D eigenvalue weighted by Gasteiger charge is 2.23. The molecule has 170 valence electrons. The summed E-state index contributed by atoms with van der Waals surface area (Å²) in [5, 5.41) is 15.1. The summed E-state index contributed by atoms with van der Waals surface area (Å²) < 4.78 is 10.6. The van der Waals surface area contributed by atoms with Crippen molar-refractivity contribution in [3.63, 3.8) is 0 Å². The van der Waals surface area contributed by atoms with Crippen molar-refractivity contribution in [2.45, 2.75) is 31.8 Å². The Morgan fingerprint density at radius 3 is 2.74 bits per heavy atom. The summed E-state index contributed by atoms with van der Waals surface area (Å²) in [5.41, 5.74) is 0.547. The Hall–Kier alpha value is -2.36. The van der Waals surface area contributed by atoms with Crippen molar-refractivity contribution in [3.05, 3.63) is 40.4 Å². The molecule has 2 heterocycles. The second kappa shape index (κ2) is 13.1. The molecule has 1 saturated heterocycles. The van der Waals surface area contributed by atoms with Gasteiger partial charge in [0, 0.05) is 43.4 Å². The highest BCUT2D eigenvalue weighted by molar-refractivity contribution is 7.13. The van der Waals surface area contributed by atoms with Crippen molar-refractivity contribution >= 4 is 40.4 Å². The largest absolute Gasteiger partial charge is 0.490 e. The van der Waals surface area contributed by atoms with Gasteiger partial charge in [-0.05, 0) is 25.1 Å². The van der Waals surface area contributed by atoms with E-state index in [2.05, 4.69) is 10.3 Å². The Kier molecular flexibility index (Phi) is 10.6. The smallest absolute Gasteiger partial charge is 0.317 e. The number of nitrogens with one attached hydrogen (secondary N) is 1. The van der Waals surface area contributed by atoms with Crippen molar-refractivity contribution in [3.8, 4) is 5.75 Å². The third-order valence-corrected chi connectivity index (χ3v) is 5.68. The summed E-state index contributed by atoms with van der Waals surface area (Å²) in [6.07, 6.45) is 2.85. The lowest BCUT2D eigenvalue weighted by Gasteiger charge is -2.29. The van der Waals surface area contributed by atoms with Gasteiger partial charge in [-0.3, -0.25) is 9.59 Å². The minimum absolute atomic E-state index is 0.190. The molecule has 0 saturated carbocycles. The van der Waals surface area contributed by atoms with E-state index >= 15 is 0 Å². The minimum Gasteiger partial charge on any atom is -0.490 e. The lowest BCUT2D eigenvalue weighted by Crippen LogP contribution is -2.37. The molecule has 8 nitrogen and oxygen atoms in total. The van der Waals surface area contributed by atoms with Gasteiger partial charge in [0.25, 0.3) is 0 Å². The van der Waals surface area contributed by atoms with Crippen LogP contribution in [0, 0.1) is 0 Å². The predicted molar refractivity (Wildman–Crippen MR) is 121 cm³/mol. The summed E-state index contributed by atoms with van der Waals surface area (Å²) in [7, 11) is 1.75. The first-order chi connectivity index (χ1) is 15.0. The van der Waals surface area contributed by atoms with Crippen LogP contribution in [-0.2, 0) is 14.3 Å². The Morgan fingerprint density at radius 1 is 1.45 bits per heavy atom. The van der Waals surface area contributed by atoms with Crippen LogP contribution in [0.2, 0.25) is 5.02 Å². The fraction of sp³-hybridized carbons (Fsp3) is 0.476. The number of carbonyl (C=O) groups excluding carboxylic acids is 2. The van der Waals surface area contributed by atoms with Crippen molar-refractivity contribution in [1.82, 2.24) is 9.88 Å². The quantitative estimate of drug-likeness (QED) is 0.452. The number of aliphatic hydroxyl groups excluding tert-OH is 1. The van der Waals surface area contributed by atoms with Crippen LogP contribution in [0.3, 0.4) is 0 Å². The van der Waals surface area contributed by atoms with E-state index in [4.69, 9.17) is 26.2 Å². The monoisotopic (exact) mass is 469 g/mol. The van der Waals surface area contributed by atoms with Gasteiger partial charge in [0.15, 0.2) is 5.13 Å². The first-order valence-corrected chi connectivity index (χ1v) is 11.3. The number of hydrogen-bond donors (Lipinski definition) is 2. The SMILES string of the molecule is CCOC(=O)C(CO)c1csc(NC)n1.O=CN1CCC(Oc2cccc(Cl)c2)CC1. The fourth-order valence-electron chi connectivity index (χ4n) is 2.92. The normalized spacial score (nSPS) is 14.8. The van der Waals surface area contributed by atoms with Crippen LogP contribution in [0.5, 0.6) is 5.75 Å². The summed E-state index contributed by atoms with van der Waals surface area (Å²) in [5.74, 6) is -0.312. The van der Waals surface area contributed by atoms with Gasteiger partial charge in [-0.15, -0.1) is 11.3 Å². The van der Waals surface area contributed by atoms with E-state index in [0.717, 1.165) is 38.1 Å². The van der Waals surface area contributed by atoms with Gasteiger partial charge in [-0.25, -0.2) is 4.98 Å². The van der Waals surface area contributed by atoms with Crippen LogP contribution >= 0.6 is 22.9 Å². The van der Waals surface area contributed by atoms with Crippen LogP contribution in [-0.4, -0.2) is 66.8 Å². The molecule has 31 heavy (non-hydrogen) atoms. The number of hydrogen-bond acceptors (Lipinski definition) is 8. The molecule has 2 N–H and O–H groups in total. The molecule has 1 aromatic heterocycles. The molecule has 1 aromatic carbocycles. The van der Waals surface area contributed by atoms with Gasteiger partial charge >= 0.3 is 5.97 Å². The average molecular weight is 470 g/mol. The predicted octanol–water partition coefficient (Wildman–Crippen LogP) is 3.16. The lowest BCUT2D eigenvalue weighted by molar-refractivity contribution is -0.146. The first kappa shape index (κ1) is 24.9. The number of benzene rings is 1. The van der Waals surface area contributed by atoms with Gasteiger partial charge in [0.1, 0.15) is 17.8 Å². The summed E-state index contributed by atoms with van der Waals surface area (Å²) in [6.45, 7) is 3.29. The molecule has 1 aliphatic rings. The van der Waals surface area contributed by atoms with E-state index in [0.29, 0.717) is 22.5 Å². The first-order valence-electron chi connectivity index (χ1n) is 10.0. The van der Waals surface area contributed by atoms with Gasteiger partial charge in [-0.2, -0.15) is 0 Å². The van der Waals surface area contributed by atoms with E-state index in [-0.39, 0.29) is 12.7 Å². The Bertz CT molecular complexity index is 827. The number of ether oxygens (including phenoxy) is 2. The number of piperidine rings is 1. The van der Waals surface area contributed by atoms with Gasteiger partial charge < -0.3 is 24.8 Å². The van der Waals surface area contributed by atoms with E-state index in [9.17, 15) is 9.59 Å². The Morgan fingerprint density at radius 2 is 2.19 bits per heavy atom. The Balaban J connectivity index is 0.000000221. The molecule has 0 radical (unpaired) electrons. The topological polar surface area (TPSA) is 101 Å². The maximum Gasteiger partial charge on any atom is 0.317 e. The number of rotatable bonds is 8. The second-order valence-corrected chi connectivity index (χ2v) is 8.03. The third kappa shape index (κ3) is 8.01. The van der Waals surface area contributed by atoms with E-state index < -0.39 is 11.9 Å². The fourth-order valence-corrected chi connectivity index (χ4v) is 3.83. The van der Waals surface area contributed by atoms with Crippen LogP contribution in [0.1, 0.15) is 31.4 Å². The molecule has 1 fully saturated rings. The standard InChI is InChI=1S/C12H14ClNO2.C9H14N2O3S/c13-10-2-1-3-12(8-10)16-11-4-6-14(9-15)7-5-11;1-3-14-8(13)6(4-12)7-5-15-9(10-2)11-7/h1-3,8-9,11H,4-7H2;5-6,12H,3-4H2,1-2H3,(H,10,11). The number of anilines is 1. The van der Waals surface area contributed by atoms with Crippen LogP contribution in [0.15, 0.2) is 29.6 Å². The zero-order valence-electron chi connectivity index (χ0n) is 17.6. The summed E-state index contributed by atoms with van der Waals surface area (Å²) >= 11 is 7.26. The van der Waals surface area contributed by atoms with E-state index in [1.165, 1.54) is 11.3 Å². The number of likely N-dealkylation sites (tertiary alicyclic amines) is 1. The third-order valence-electron chi connectivity index (χ3n) is 4.57. The molecule has 1 atom stereocenters. The molecule has 1 aliphatic heterocycles. The molecule has 10 heteroatoms. The van der Waals surface area contributed by atoms with Crippen molar-refractivity contribution in [2.24, 2.45) is 0 Å². The van der Waals surface area contributed by atoms with Crippen LogP contribution in [0.25, 0.3) is 0 Å². The highest BCUT2D eigenvalue weighted by atomic mass is 35.5. The highest BCUT2D eigenvalue weighted by Crippen LogP contribution is 2.23. The number of amides is 1. The summed E-state index contributed by atoms with van der Waals surface area (Å²) in [4.78, 5) is 27.9. The maximum atomic E-state index is 11.4. The van der Waals surface area contributed by atoms with Gasteiger partial charge in [-0.1, -0.05) is 17.7 Å².